The molecule has 0 unspecified atom stereocenters. The van der Waals surface area contributed by atoms with E-state index in [0.717, 1.165) is 26.6 Å². The van der Waals surface area contributed by atoms with Crippen molar-refractivity contribution in [3.05, 3.63) is 53.3 Å². The minimum absolute atomic E-state index is 0.498. The normalized spacial score (nSPS) is 11.2. The van der Waals surface area contributed by atoms with Crippen LogP contribution >= 0.6 is 15.9 Å². The summed E-state index contributed by atoms with van der Waals surface area (Å²) in [5, 5.41) is 4.07. The molecule has 108 valence electrons. The lowest BCUT2D eigenvalue weighted by molar-refractivity contribution is 0.432. The van der Waals surface area contributed by atoms with Crippen LogP contribution in [0.2, 0.25) is 0 Å². The summed E-state index contributed by atoms with van der Waals surface area (Å²) in [6.45, 7) is 0. The third-order valence-corrected chi connectivity index (χ3v) is 3.97. The van der Waals surface area contributed by atoms with E-state index in [1.54, 1.807) is 6.33 Å². The van der Waals surface area contributed by atoms with Gasteiger partial charge in [0.1, 0.15) is 0 Å². The molecule has 2 aromatic carbocycles. The van der Waals surface area contributed by atoms with Crippen molar-refractivity contribution < 1.29 is 4.52 Å². The van der Waals surface area contributed by atoms with Crippen molar-refractivity contribution in [3.8, 4) is 22.8 Å². The zero-order chi connectivity index (χ0) is 15.1. The van der Waals surface area contributed by atoms with E-state index in [9.17, 15) is 0 Å². The third kappa shape index (κ3) is 2.21. The Balaban J connectivity index is 1.76. The third-order valence-electron chi connectivity index (χ3n) is 3.48. The van der Waals surface area contributed by atoms with Crippen molar-refractivity contribution >= 4 is 27.0 Å². The Morgan fingerprint density at radius 2 is 2.00 bits per heavy atom. The van der Waals surface area contributed by atoms with Crippen LogP contribution in [-0.4, -0.2) is 19.7 Å². The van der Waals surface area contributed by atoms with Crippen LogP contribution in [-0.2, 0) is 7.05 Å². The molecule has 0 aliphatic rings. The van der Waals surface area contributed by atoms with E-state index in [0.29, 0.717) is 11.7 Å². The molecular formula is C16H11BrN4O. The Labute approximate surface area is 134 Å². The van der Waals surface area contributed by atoms with Gasteiger partial charge in [-0.15, -0.1) is 0 Å². The van der Waals surface area contributed by atoms with Crippen molar-refractivity contribution in [2.24, 2.45) is 7.05 Å². The zero-order valence-electron chi connectivity index (χ0n) is 11.7. The van der Waals surface area contributed by atoms with Crippen LogP contribution in [0.15, 0.2) is 57.8 Å². The summed E-state index contributed by atoms with van der Waals surface area (Å²) in [6, 6.07) is 13.7. The van der Waals surface area contributed by atoms with Gasteiger partial charge in [0.25, 0.3) is 5.89 Å². The molecule has 4 rings (SSSR count). The van der Waals surface area contributed by atoms with E-state index in [1.165, 1.54) is 0 Å². The average Bonchev–Trinajstić information content (AvgIpc) is 3.15. The van der Waals surface area contributed by atoms with Crippen LogP contribution in [0, 0.1) is 0 Å². The summed E-state index contributed by atoms with van der Waals surface area (Å²) in [5.41, 5.74) is 3.75. The van der Waals surface area contributed by atoms with Gasteiger partial charge in [0.15, 0.2) is 0 Å². The number of fused-ring (bicyclic) bond motifs is 1. The number of nitrogens with zero attached hydrogens (tertiary/aromatic N) is 4. The highest BCUT2D eigenvalue weighted by atomic mass is 79.9. The van der Waals surface area contributed by atoms with Crippen LogP contribution in [0.25, 0.3) is 33.9 Å². The highest BCUT2D eigenvalue weighted by molar-refractivity contribution is 9.10. The topological polar surface area (TPSA) is 56.7 Å². The van der Waals surface area contributed by atoms with Crippen LogP contribution < -0.4 is 0 Å². The number of aryl methyl sites for hydroxylation is 1. The summed E-state index contributed by atoms with van der Waals surface area (Å²) in [4.78, 5) is 8.82. The van der Waals surface area contributed by atoms with Crippen molar-refractivity contribution in [1.82, 2.24) is 19.7 Å². The smallest absolute Gasteiger partial charge is 0.258 e. The standard InChI is InChI=1S/C16H11BrN4O/c1-21-9-18-13-8-10(5-6-14(13)21)15-19-16(22-20-15)11-3-2-4-12(17)7-11/h2-9H,1H3. The number of benzene rings is 2. The lowest BCUT2D eigenvalue weighted by Crippen LogP contribution is -1.85. The lowest BCUT2D eigenvalue weighted by Gasteiger charge is -1.96. The van der Waals surface area contributed by atoms with Crippen molar-refractivity contribution in [1.29, 1.82) is 0 Å². The van der Waals surface area contributed by atoms with Crippen LogP contribution in [0.3, 0.4) is 0 Å². The fourth-order valence-electron chi connectivity index (χ4n) is 2.35. The molecule has 2 aromatic heterocycles. The Morgan fingerprint density at radius 3 is 2.86 bits per heavy atom. The second-order valence-electron chi connectivity index (χ2n) is 4.99. The summed E-state index contributed by atoms with van der Waals surface area (Å²) >= 11 is 3.44. The van der Waals surface area contributed by atoms with Crippen LogP contribution in [0.5, 0.6) is 0 Å². The Morgan fingerprint density at radius 1 is 1.09 bits per heavy atom. The molecule has 0 aliphatic heterocycles. The van der Waals surface area contributed by atoms with Gasteiger partial charge in [-0.2, -0.15) is 4.98 Å². The van der Waals surface area contributed by atoms with Gasteiger partial charge in [0.2, 0.25) is 5.82 Å². The fraction of sp³-hybridized carbons (Fsp3) is 0.0625. The van der Waals surface area contributed by atoms with Crippen molar-refractivity contribution in [2.75, 3.05) is 0 Å². The first-order valence-corrected chi connectivity index (χ1v) is 7.51. The SMILES string of the molecule is Cn1cnc2cc(-c3noc(-c4cccc(Br)c4)n3)ccc21. The molecule has 0 saturated carbocycles. The molecule has 4 aromatic rings. The minimum Gasteiger partial charge on any atom is -0.334 e. The summed E-state index contributed by atoms with van der Waals surface area (Å²) in [5.74, 6) is 1.06. The Kier molecular flexibility index (Phi) is 3.04. The summed E-state index contributed by atoms with van der Waals surface area (Å²) in [6.07, 6.45) is 1.79. The molecule has 0 bridgehead atoms. The zero-order valence-corrected chi connectivity index (χ0v) is 13.3. The molecule has 6 heteroatoms. The highest BCUT2D eigenvalue weighted by Gasteiger charge is 2.12. The first-order chi connectivity index (χ1) is 10.7. The molecule has 0 fully saturated rings. The number of imidazole rings is 1. The number of halogens is 1. The quantitative estimate of drug-likeness (QED) is 0.544. The molecule has 0 amide bonds. The molecule has 2 heterocycles. The van der Waals surface area contributed by atoms with Gasteiger partial charge in [0, 0.05) is 22.6 Å². The number of hydrogen-bond donors (Lipinski definition) is 0. The second-order valence-corrected chi connectivity index (χ2v) is 5.91. The van der Waals surface area contributed by atoms with Crippen LogP contribution in [0.1, 0.15) is 0 Å². The van der Waals surface area contributed by atoms with Crippen LogP contribution in [0.4, 0.5) is 0 Å². The predicted molar refractivity (Wildman–Crippen MR) is 87.1 cm³/mol. The maximum absolute atomic E-state index is 5.37. The highest BCUT2D eigenvalue weighted by Crippen LogP contribution is 2.26. The fourth-order valence-corrected chi connectivity index (χ4v) is 2.75. The maximum atomic E-state index is 5.37. The Hall–Kier alpha value is -2.47. The molecular weight excluding hydrogens is 344 g/mol. The van der Waals surface area contributed by atoms with Gasteiger partial charge in [-0.3, -0.25) is 0 Å². The molecule has 0 aliphatic carbocycles. The molecule has 0 radical (unpaired) electrons. The molecule has 0 spiro atoms. The predicted octanol–water partition coefficient (Wildman–Crippen LogP) is 4.05. The number of rotatable bonds is 2. The first kappa shape index (κ1) is 13.2. The van der Waals surface area contributed by atoms with E-state index in [2.05, 4.69) is 31.1 Å². The van der Waals surface area contributed by atoms with E-state index < -0.39 is 0 Å². The van der Waals surface area contributed by atoms with Gasteiger partial charge in [-0.05, 0) is 36.4 Å². The van der Waals surface area contributed by atoms with E-state index in [-0.39, 0.29) is 0 Å². The monoisotopic (exact) mass is 354 g/mol. The first-order valence-electron chi connectivity index (χ1n) is 6.72. The van der Waals surface area contributed by atoms with Gasteiger partial charge < -0.3 is 9.09 Å². The average molecular weight is 355 g/mol. The lowest BCUT2D eigenvalue weighted by atomic mass is 10.2. The van der Waals surface area contributed by atoms with Gasteiger partial charge in [-0.25, -0.2) is 4.98 Å². The van der Waals surface area contributed by atoms with E-state index in [4.69, 9.17) is 4.52 Å². The van der Waals surface area contributed by atoms with Crippen molar-refractivity contribution in [3.63, 3.8) is 0 Å². The second kappa shape index (κ2) is 5.06. The number of aromatic nitrogens is 4. The van der Waals surface area contributed by atoms with Gasteiger partial charge in [0.05, 0.1) is 17.4 Å². The van der Waals surface area contributed by atoms with E-state index in [1.807, 2.05) is 54.1 Å². The van der Waals surface area contributed by atoms with Gasteiger partial charge in [-0.1, -0.05) is 27.2 Å². The Bertz CT molecular complexity index is 973. The maximum Gasteiger partial charge on any atom is 0.258 e. The molecule has 0 N–H and O–H groups in total. The van der Waals surface area contributed by atoms with Gasteiger partial charge >= 0.3 is 0 Å². The number of hydrogen-bond acceptors (Lipinski definition) is 4. The molecule has 0 saturated heterocycles. The molecule has 22 heavy (non-hydrogen) atoms. The van der Waals surface area contributed by atoms with E-state index >= 15 is 0 Å². The summed E-state index contributed by atoms with van der Waals surface area (Å²) in [7, 11) is 1.97. The largest absolute Gasteiger partial charge is 0.334 e. The molecule has 5 nitrogen and oxygen atoms in total. The molecule has 0 atom stereocenters. The summed E-state index contributed by atoms with van der Waals surface area (Å²) < 4.78 is 8.32. The minimum atomic E-state index is 0.498. The van der Waals surface area contributed by atoms with Crippen molar-refractivity contribution in [2.45, 2.75) is 0 Å².